The summed E-state index contributed by atoms with van der Waals surface area (Å²) >= 11 is 4.48. The lowest BCUT2D eigenvalue weighted by Gasteiger charge is -2.67. The van der Waals surface area contributed by atoms with Crippen LogP contribution in [0.25, 0.3) is 0 Å². The number of allylic oxidation sites excluding steroid dienone is 4. The Labute approximate surface area is 127 Å². The van der Waals surface area contributed by atoms with Gasteiger partial charge in [0.25, 0.3) is 0 Å². The van der Waals surface area contributed by atoms with Gasteiger partial charge in [0.1, 0.15) is 5.78 Å². The maximum Gasteiger partial charge on any atom is 0.147 e. The summed E-state index contributed by atoms with van der Waals surface area (Å²) in [4.78, 5) is 13.3. The molecule has 0 aromatic carbocycles. The van der Waals surface area contributed by atoms with Crippen LogP contribution in [0.1, 0.15) is 6.42 Å². The highest BCUT2D eigenvalue weighted by molar-refractivity contribution is 8.21. The molecule has 0 aromatic heterocycles. The van der Waals surface area contributed by atoms with Crippen molar-refractivity contribution in [3.63, 3.8) is 0 Å². The molecule has 102 valence electrons. The van der Waals surface area contributed by atoms with Crippen LogP contribution < -0.4 is 0 Å². The fourth-order valence-corrected chi connectivity index (χ4v) is 12.8. The van der Waals surface area contributed by atoms with Gasteiger partial charge in [-0.15, -0.1) is 23.5 Å². The Hall–Kier alpha value is -0.150. The summed E-state index contributed by atoms with van der Waals surface area (Å²) in [7, 11) is 0. The molecule has 6 fully saturated rings. The lowest BCUT2D eigenvalue weighted by Crippen LogP contribution is -2.70. The number of Topliss-reactive ketones (excluding diaryl/α,β-unsaturated/α-hetero) is 1. The van der Waals surface area contributed by atoms with Gasteiger partial charge in [-0.1, -0.05) is 24.3 Å². The van der Waals surface area contributed by atoms with Gasteiger partial charge in [0.2, 0.25) is 0 Å². The second kappa shape index (κ2) is 2.62. The summed E-state index contributed by atoms with van der Waals surface area (Å²) in [5.41, 5.74) is 0.146. The van der Waals surface area contributed by atoms with Gasteiger partial charge in [0, 0.05) is 22.8 Å². The van der Waals surface area contributed by atoms with Crippen LogP contribution in [0.5, 0.6) is 0 Å². The number of ketones is 1. The highest BCUT2D eigenvalue weighted by Crippen LogP contribution is 2.97. The molecule has 1 saturated heterocycles. The SMILES string of the molecule is O=C1[C@@H]2[C@H]3C[C@H]4[C@H]2C2(SCCS2)[C@]25C=CC=C[C@@]12[C@H]3[C@@H]45. The Morgan fingerprint density at radius 3 is 2.65 bits per heavy atom. The van der Waals surface area contributed by atoms with E-state index in [0.29, 0.717) is 21.7 Å². The summed E-state index contributed by atoms with van der Waals surface area (Å²) in [5, 5.41) is 0. The summed E-state index contributed by atoms with van der Waals surface area (Å²) in [5.74, 6) is 7.61. The largest absolute Gasteiger partial charge is 0.298 e. The highest BCUT2D eigenvalue weighted by Gasteiger charge is 2.98. The quantitative estimate of drug-likeness (QED) is 0.684. The molecule has 1 heterocycles. The van der Waals surface area contributed by atoms with Gasteiger partial charge in [-0.2, -0.15) is 0 Å². The topological polar surface area (TPSA) is 17.1 Å². The van der Waals surface area contributed by atoms with Crippen LogP contribution in [0.15, 0.2) is 24.3 Å². The fourth-order valence-electron chi connectivity index (χ4n) is 8.40. The number of hydrogen-bond acceptors (Lipinski definition) is 3. The fraction of sp³-hybridized carbons (Fsp3) is 0.706. The van der Waals surface area contributed by atoms with Crippen LogP contribution in [0, 0.1) is 46.3 Å². The molecular formula is C17H16OS2. The zero-order chi connectivity index (χ0) is 12.9. The highest BCUT2D eigenvalue weighted by atomic mass is 32.2. The van der Waals surface area contributed by atoms with Crippen molar-refractivity contribution >= 4 is 29.3 Å². The van der Waals surface area contributed by atoms with Crippen molar-refractivity contribution in [3.8, 4) is 0 Å². The maximum atomic E-state index is 13.3. The Morgan fingerprint density at radius 1 is 1.00 bits per heavy atom. The van der Waals surface area contributed by atoms with Crippen molar-refractivity contribution in [1.82, 2.24) is 0 Å². The number of carbonyl (C=O) groups is 1. The molecule has 3 spiro atoms. The predicted octanol–water partition coefficient (Wildman–Crippen LogP) is 2.99. The second-order valence-electron chi connectivity index (χ2n) is 7.85. The van der Waals surface area contributed by atoms with E-state index in [4.69, 9.17) is 0 Å². The number of carbonyl (C=O) groups excluding carboxylic acids is 1. The number of hydrogen-bond donors (Lipinski definition) is 0. The third-order valence-electron chi connectivity index (χ3n) is 8.17. The van der Waals surface area contributed by atoms with Crippen LogP contribution in [0.3, 0.4) is 0 Å². The maximum absolute atomic E-state index is 13.3. The molecule has 7 rings (SSSR count). The molecule has 20 heavy (non-hydrogen) atoms. The first-order valence-corrected chi connectivity index (χ1v) is 9.96. The summed E-state index contributed by atoms with van der Waals surface area (Å²) in [6, 6.07) is 0. The molecule has 7 aliphatic rings. The van der Waals surface area contributed by atoms with Gasteiger partial charge in [-0.25, -0.2) is 0 Å². The minimum atomic E-state index is -0.0617. The van der Waals surface area contributed by atoms with Crippen LogP contribution in [-0.2, 0) is 4.79 Å². The van der Waals surface area contributed by atoms with Crippen molar-refractivity contribution in [1.29, 1.82) is 0 Å². The molecule has 6 aliphatic carbocycles. The van der Waals surface area contributed by atoms with Crippen molar-refractivity contribution < 1.29 is 4.79 Å². The van der Waals surface area contributed by atoms with Crippen molar-refractivity contribution in [2.75, 3.05) is 11.5 Å². The Bertz CT molecular complexity index is 660. The second-order valence-corrected chi connectivity index (χ2v) is 10.8. The summed E-state index contributed by atoms with van der Waals surface area (Å²) in [6.45, 7) is 0. The Balaban J connectivity index is 1.66. The molecule has 1 aliphatic heterocycles. The van der Waals surface area contributed by atoms with Gasteiger partial charge < -0.3 is 0 Å². The average molecular weight is 300 g/mol. The third kappa shape index (κ3) is 0.601. The first-order valence-electron chi connectivity index (χ1n) is 7.99. The smallest absolute Gasteiger partial charge is 0.147 e. The van der Waals surface area contributed by atoms with Gasteiger partial charge in [-0.3, -0.25) is 4.79 Å². The van der Waals surface area contributed by atoms with Crippen LogP contribution in [0.2, 0.25) is 0 Å². The van der Waals surface area contributed by atoms with Crippen LogP contribution in [-0.4, -0.2) is 21.4 Å². The van der Waals surface area contributed by atoms with E-state index >= 15 is 0 Å². The van der Waals surface area contributed by atoms with Crippen molar-refractivity contribution in [2.24, 2.45) is 46.3 Å². The van der Waals surface area contributed by atoms with Gasteiger partial charge in [-0.05, 0) is 36.0 Å². The molecule has 0 radical (unpaired) electrons. The molecule has 3 heteroatoms. The minimum Gasteiger partial charge on any atom is -0.298 e. The van der Waals surface area contributed by atoms with E-state index in [9.17, 15) is 4.79 Å². The summed E-state index contributed by atoms with van der Waals surface area (Å²) < 4.78 is 0.365. The molecule has 0 N–H and O–H groups in total. The van der Waals surface area contributed by atoms with Crippen LogP contribution >= 0.6 is 23.5 Å². The number of rotatable bonds is 0. The van der Waals surface area contributed by atoms with Crippen LogP contribution in [0.4, 0.5) is 0 Å². The number of thioether (sulfide) groups is 2. The van der Waals surface area contributed by atoms with Gasteiger partial charge >= 0.3 is 0 Å². The zero-order valence-corrected chi connectivity index (χ0v) is 12.8. The lowest BCUT2D eigenvalue weighted by atomic mass is 9.38. The monoisotopic (exact) mass is 300 g/mol. The molecule has 5 saturated carbocycles. The Kier molecular flexibility index (Phi) is 1.38. The van der Waals surface area contributed by atoms with E-state index < -0.39 is 0 Å². The first kappa shape index (κ1) is 10.6. The molecule has 0 amide bonds. The van der Waals surface area contributed by atoms with Gasteiger partial charge in [0.05, 0.1) is 9.49 Å². The van der Waals surface area contributed by atoms with Crippen molar-refractivity contribution in [3.05, 3.63) is 24.3 Å². The molecule has 1 nitrogen and oxygen atoms in total. The molecule has 0 aromatic rings. The third-order valence-corrected chi connectivity index (χ3v) is 12.0. The number of fused-ring (bicyclic) bond motifs is 2. The van der Waals surface area contributed by atoms with E-state index in [-0.39, 0.29) is 10.8 Å². The molecule has 8 atom stereocenters. The first-order chi connectivity index (χ1) is 9.80. The van der Waals surface area contributed by atoms with E-state index in [0.717, 1.165) is 23.7 Å². The van der Waals surface area contributed by atoms with E-state index in [2.05, 4.69) is 47.8 Å². The van der Waals surface area contributed by atoms with Crippen molar-refractivity contribution in [2.45, 2.75) is 10.5 Å². The van der Waals surface area contributed by atoms with E-state index in [1.807, 2.05) is 0 Å². The lowest BCUT2D eigenvalue weighted by molar-refractivity contribution is -0.156. The average Bonchev–Trinajstić information content (AvgIpc) is 3.14. The summed E-state index contributed by atoms with van der Waals surface area (Å²) in [6.07, 6.45) is 10.7. The zero-order valence-electron chi connectivity index (χ0n) is 11.1. The minimum absolute atomic E-state index is 0.0617. The normalized spacial score (nSPS) is 67.5. The molecule has 0 unspecified atom stereocenters. The Morgan fingerprint density at radius 2 is 1.80 bits per heavy atom. The molecule has 2 bridgehead atoms. The van der Waals surface area contributed by atoms with Gasteiger partial charge in [0.15, 0.2) is 0 Å². The molecular weight excluding hydrogens is 284 g/mol. The van der Waals surface area contributed by atoms with E-state index in [1.165, 1.54) is 17.9 Å². The van der Waals surface area contributed by atoms with E-state index in [1.54, 1.807) is 0 Å². The predicted molar refractivity (Wildman–Crippen MR) is 81.4 cm³/mol. The standard InChI is InChI=1S/C17H16OS2/c18-14-10-8-7-9-11(10)17(19-5-6-20-17)16-4-2-1-3-15(14,16)12(8)13(9)16/h1-4,8-13H,5-7H2/t8-,9+,10-,11-,12-,13-,15-,16+/m1/s1.